The first kappa shape index (κ1) is 16.2. The van der Waals surface area contributed by atoms with Crippen molar-refractivity contribution < 1.29 is 8.42 Å². The van der Waals surface area contributed by atoms with Gasteiger partial charge in [0.05, 0.1) is 0 Å². The Labute approximate surface area is 127 Å². The van der Waals surface area contributed by atoms with Crippen molar-refractivity contribution in [1.29, 1.82) is 0 Å². The minimum atomic E-state index is -3.40. The molecule has 6 nitrogen and oxygen atoms in total. The smallest absolute Gasteiger partial charge is 0.279 e. The minimum absolute atomic E-state index is 0.270. The van der Waals surface area contributed by atoms with E-state index in [4.69, 9.17) is 0 Å². The van der Waals surface area contributed by atoms with Crippen LogP contribution in [0.2, 0.25) is 0 Å². The van der Waals surface area contributed by atoms with E-state index in [1.165, 1.54) is 17.1 Å². The molecule has 1 aromatic heterocycles. The Bertz CT molecular complexity index is 535. The van der Waals surface area contributed by atoms with Crippen LogP contribution in [0.5, 0.6) is 0 Å². The molecule has 0 aromatic carbocycles. The van der Waals surface area contributed by atoms with Gasteiger partial charge in [-0.3, -0.25) is 0 Å². The molecule has 1 aliphatic heterocycles. The van der Waals surface area contributed by atoms with E-state index in [0.29, 0.717) is 13.1 Å². The highest BCUT2D eigenvalue weighted by molar-refractivity contribution is 7.87. The molecule has 0 aliphatic carbocycles. The molecular weight excluding hydrogens is 288 g/mol. The lowest BCUT2D eigenvalue weighted by molar-refractivity contribution is 0.434. The summed E-state index contributed by atoms with van der Waals surface area (Å²) in [7, 11) is -3.40. The lowest BCUT2D eigenvalue weighted by atomic mass is 10.3. The summed E-state index contributed by atoms with van der Waals surface area (Å²) in [6, 6.07) is 3.90. The van der Waals surface area contributed by atoms with E-state index in [0.717, 1.165) is 24.5 Å². The summed E-state index contributed by atoms with van der Waals surface area (Å²) in [5.41, 5.74) is 0.869. The van der Waals surface area contributed by atoms with Crippen molar-refractivity contribution >= 4 is 16.0 Å². The zero-order valence-corrected chi connectivity index (χ0v) is 13.6. The lowest BCUT2D eigenvalue weighted by Gasteiger charge is -2.19. The van der Waals surface area contributed by atoms with Gasteiger partial charge in [0, 0.05) is 38.9 Å². The number of nitrogens with zero attached hydrogens (tertiary/aromatic N) is 3. The van der Waals surface area contributed by atoms with Gasteiger partial charge in [-0.1, -0.05) is 19.9 Å². The zero-order chi connectivity index (χ0) is 15.3. The largest absolute Gasteiger partial charge is 0.357 e. The predicted molar refractivity (Wildman–Crippen MR) is 84.4 cm³/mol. The second-order valence-electron chi connectivity index (χ2n) is 5.13. The molecule has 0 amide bonds. The molecule has 1 aromatic rings. The van der Waals surface area contributed by atoms with E-state index >= 15 is 0 Å². The SMILES string of the molecule is CCN(CC)S(=O)(=O)NCc1ccc(N2CCCC2)nc1. The molecule has 2 heterocycles. The highest BCUT2D eigenvalue weighted by Crippen LogP contribution is 2.17. The van der Waals surface area contributed by atoms with Crippen molar-refractivity contribution in [2.75, 3.05) is 31.1 Å². The van der Waals surface area contributed by atoms with Gasteiger partial charge in [-0.15, -0.1) is 0 Å². The Balaban J connectivity index is 1.94. The monoisotopic (exact) mass is 312 g/mol. The van der Waals surface area contributed by atoms with Crippen LogP contribution >= 0.6 is 0 Å². The fourth-order valence-corrected chi connectivity index (χ4v) is 3.70. The molecular formula is C14H24N4O2S. The number of nitrogens with one attached hydrogen (secondary N) is 1. The van der Waals surface area contributed by atoms with E-state index in [1.807, 2.05) is 26.0 Å². The molecule has 0 atom stereocenters. The summed E-state index contributed by atoms with van der Waals surface area (Å²) < 4.78 is 28.1. The third-order valence-corrected chi connectivity index (χ3v) is 5.45. The van der Waals surface area contributed by atoms with Crippen LogP contribution in [0, 0.1) is 0 Å². The van der Waals surface area contributed by atoms with Crippen LogP contribution in [0.15, 0.2) is 18.3 Å². The van der Waals surface area contributed by atoms with Crippen molar-refractivity contribution in [3.8, 4) is 0 Å². The van der Waals surface area contributed by atoms with Crippen LogP contribution in [0.1, 0.15) is 32.3 Å². The Morgan fingerprint density at radius 2 is 1.90 bits per heavy atom. The second-order valence-corrected chi connectivity index (χ2v) is 6.88. The van der Waals surface area contributed by atoms with Gasteiger partial charge in [0.1, 0.15) is 5.82 Å². The maximum Gasteiger partial charge on any atom is 0.279 e. The van der Waals surface area contributed by atoms with Gasteiger partial charge in [0.2, 0.25) is 0 Å². The topological polar surface area (TPSA) is 65.5 Å². The molecule has 1 saturated heterocycles. The van der Waals surface area contributed by atoms with Gasteiger partial charge in [-0.2, -0.15) is 17.4 Å². The number of hydrogen-bond donors (Lipinski definition) is 1. The standard InChI is InChI=1S/C14H24N4O2S/c1-3-18(4-2)21(19,20)16-12-13-7-8-14(15-11-13)17-9-5-6-10-17/h7-8,11,16H,3-6,9-10,12H2,1-2H3. The molecule has 0 bridgehead atoms. The first-order chi connectivity index (χ1) is 10.1. The van der Waals surface area contributed by atoms with Crippen LogP contribution in [0.25, 0.3) is 0 Å². The third-order valence-electron chi connectivity index (χ3n) is 3.74. The van der Waals surface area contributed by atoms with Gasteiger partial charge in [0.15, 0.2) is 0 Å². The number of aromatic nitrogens is 1. The second kappa shape index (κ2) is 7.20. The molecule has 1 aliphatic rings. The number of hydrogen-bond acceptors (Lipinski definition) is 4. The Kier molecular flexibility index (Phi) is 5.55. The normalized spacial score (nSPS) is 15.9. The summed E-state index contributed by atoms with van der Waals surface area (Å²) in [4.78, 5) is 6.68. The molecule has 118 valence electrons. The summed E-state index contributed by atoms with van der Waals surface area (Å²) in [6.07, 6.45) is 4.18. The van der Waals surface area contributed by atoms with Crippen LogP contribution in [-0.4, -0.2) is 43.9 Å². The molecule has 1 N–H and O–H groups in total. The number of pyridine rings is 1. The molecule has 21 heavy (non-hydrogen) atoms. The summed E-state index contributed by atoms with van der Waals surface area (Å²) in [6.45, 7) is 6.98. The third kappa shape index (κ3) is 4.15. The Morgan fingerprint density at radius 1 is 1.24 bits per heavy atom. The molecule has 7 heteroatoms. The Hall–Kier alpha value is -1.18. The van der Waals surface area contributed by atoms with Gasteiger partial charge >= 0.3 is 0 Å². The Morgan fingerprint density at radius 3 is 2.43 bits per heavy atom. The predicted octanol–water partition coefficient (Wildman–Crippen LogP) is 1.36. The fraction of sp³-hybridized carbons (Fsp3) is 0.643. The van der Waals surface area contributed by atoms with Crippen molar-refractivity contribution in [3.05, 3.63) is 23.9 Å². The molecule has 0 spiro atoms. The van der Waals surface area contributed by atoms with Crippen molar-refractivity contribution in [2.24, 2.45) is 0 Å². The van der Waals surface area contributed by atoms with Gasteiger partial charge in [0.25, 0.3) is 10.2 Å². The zero-order valence-electron chi connectivity index (χ0n) is 12.7. The number of anilines is 1. The van der Waals surface area contributed by atoms with Crippen molar-refractivity contribution in [2.45, 2.75) is 33.2 Å². The van der Waals surface area contributed by atoms with Gasteiger partial charge in [-0.25, -0.2) is 4.98 Å². The first-order valence-corrected chi connectivity index (χ1v) is 8.95. The molecule has 1 fully saturated rings. The average molecular weight is 312 g/mol. The maximum atomic E-state index is 12.0. The van der Waals surface area contributed by atoms with E-state index < -0.39 is 10.2 Å². The quantitative estimate of drug-likeness (QED) is 0.825. The lowest BCUT2D eigenvalue weighted by Crippen LogP contribution is -2.40. The van der Waals surface area contributed by atoms with E-state index in [-0.39, 0.29) is 6.54 Å². The van der Waals surface area contributed by atoms with E-state index in [9.17, 15) is 8.42 Å². The van der Waals surface area contributed by atoms with Crippen molar-refractivity contribution in [1.82, 2.24) is 14.0 Å². The minimum Gasteiger partial charge on any atom is -0.357 e. The number of rotatable bonds is 7. The van der Waals surface area contributed by atoms with Crippen LogP contribution < -0.4 is 9.62 Å². The molecule has 0 saturated carbocycles. The van der Waals surface area contributed by atoms with Crippen LogP contribution in [-0.2, 0) is 16.8 Å². The highest BCUT2D eigenvalue weighted by atomic mass is 32.2. The summed E-state index contributed by atoms with van der Waals surface area (Å²) >= 11 is 0. The van der Waals surface area contributed by atoms with Crippen LogP contribution in [0.3, 0.4) is 0 Å². The van der Waals surface area contributed by atoms with Crippen LogP contribution in [0.4, 0.5) is 5.82 Å². The fourth-order valence-electron chi connectivity index (χ4n) is 2.48. The van der Waals surface area contributed by atoms with Crippen molar-refractivity contribution in [3.63, 3.8) is 0 Å². The van der Waals surface area contributed by atoms with E-state index in [2.05, 4.69) is 14.6 Å². The molecule has 0 radical (unpaired) electrons. The van der Waals surface area contributed by atoms with E-state index in [1.54, 1.807) is 6.20 Å². The summed E-state index contributed by atoms with van der Waals surface area (Å²) in [5.74, 6) is 0.975. The molecule has 0 unspecified atom stereocenters. The first-order valence-electron chi connectivity index (χ1n) is 7.51. The summed E-state index contributed by atoms with van der Waals surface area (Å²) in [5, 5.41) is 0. The van der Waals surface area contributed by atoms with Gasteiger partial charge < -0.3 is 4.90 Å². The average Bonchev–Trinajstić information content (AvgIpc) is 3.01. The highest BCUT2D eigenvalue weighted by Gasteiger charge is 2.18. The maximum absolute atomic E-state index is 12.0. The van der Waals surface area contributed by atoms with Gasteiger partial charge in [-0.05, 0) is 24.5 Å². The molecule has 2 rings (SSSR count).